The molecule has 1 amide bonds. The number of likely N-dealkylation sites (tertiary alicyclic amines) is 1. The standard InChI is InChI=1S/C16H23N3O/c1-12-4-2-6-14(8-12)18-16(20)11-19-9-13-5-3-7-17-15(13)10-19/h2,4,6,8,13,15,17H,3,5,7,9-11H2,1H3,(H,18,20)/t13-,15+/m0/s1. The Morgan fingerprint density at radius 1 is 1.45 bits per heavy atom. The fourth-order valence-electron chi connectivity index (χ4n) is 3.39. The van der Waals surface area contributed by atoms with Crippen LogP contribution in [0, 0.1) is 12.8 Å². The van der Waals surface area contributed by atoms with Crippen molar-refractivity contribution in [3.8, 4) is 0 Å². The van der Waals surface area contributed by atoms with Crippen LogP contribution in [0.2, 0.25) is 0 Å². The molecule has 3 rings (SSSR count). The fourth-order valence-corrected chi connectivity index (χ4v) is 3.39. The third-order valence-electron chi connectivity index (χ3n) is 4.34. The number of anilines is 1. The summed E-state index contributed by atoms with van der Waals surface area (Å²) in [6, 6.07) is 8.54. The van der Waals surface area contributed by atoms with E-state index in [2.05, 4.69) is 15.5 Å². The van der Waals surface area contributed by atoms with Crippen LogP contribution < -0.4 is 10.6 Å². The summed E-state index contributed by atoms with van der Waals surface area (Å²) >= 11 is 0. The minimum Gasteiger partial charge on any atom is -0.325 e. The summed E-state index contributed by atoms with van der Waals surface area (Å²) in [5, 5.41) is 6.56. The van der Waals surface area contributed by atoms with Gasteiger partial charge in [-0.25, -0.2) is 0 Å². The molecule has 2 fully saturated rings. The van der Waals surface area contributed by atoms with Gasteiger partial charge < -0.3 is 10.6 Å². The molecule has 2 heterocycles. The van der Waals surface area contributed by atoms with E-state index in [0.29, 0.717) is 12.6 Å². The largest absolute Gasteiger partial charge is 0.325 e. The normalized spacial score (nSPS) is 26.2. The van der Waals surface area contributed by atoms with Gasteiger partial charge in [0.15, 0.2) is 0 Å². The Hall–Kier alpha value is -1.39. The van der Waals surface area contributed by atoms with Gasteiger partial charge in [-0.15, -0.1) is 0 Å². The predicted molar refractivity (Wildman–Crippen MR) is 80.8 cm³/mol. The third kappa shape index (κ3) is 3.19. The second kappa shape index (κ2) is 5.94. The Bertz CT molecular complexity index is 474. The molecular weight excluding hydrogens is 250 g/mol. The molecule has 0 unspecified atom stereocenters. The first-order valence-corrected chi connectivity index (χ1v) is 7.53. The number of nitrogens with one attached hydrogen (secondary N) is 2. The zero-order valence-corrected chi connectivity index (χ0v) is 12.1. The first-order valence-electron chi connectivity index (χ1n) is 7.53. The van der Waals surface area contributed by atoms with Gasteiger partial charge in [-0.2, -0.15) is 0 Å². The molecular formula is C16H23N3O. The second-order valence-electron chi connectivity index (χ2n) is 6.07. The van der Waals surface area contributed by atoms with E-state index < -0.39 is 0 Å². The van der Waals surface area contributed by atoms with E-state index in [1.807, 2.05) is 31.2 Å². The molecule has 0 bridgehead atoms. The summed E-state index contributed by atoms with van der Waals surface area (Å²) in [6.45, 7) is 5.73. The number of hydrogen-bond acceptors (Lipinski definition) is 3. The minimum atomic E-state index is 0.0919. The van der Waals surface area contributed by atoms with Crippen LogP contribution in [0.3, 0.4) is 0 Å². The van der Waals surface area contributed by atoms with Gasteiger partial charge >= 0.3 is 0 Å². The number of amides is 1. The quantitative estimate of drug-likeness (QED) is 0.879. The predicted octanol–water partition coefficient (Wildman–Crippen LogP) is 1.62. The minimum absolute atomic E-state index is 0.0919. The number of rotatable bonds is 3. The summed E-state index contributed by atoms with van der Waals surface area (Å²) in [5.74, 6) is 0.824. The number of carbonyl (C=O) groups excluding carboxylic acids is 1. The zero-order valence-electron chi connectivity index (χ0n) is 12.1. The maximum atomic E-state index is 12.1. The SMILES string of the molecule is Cc1cccc(NC(=O)CN2C[C@@H]3CCCN[C@@H]3C2)c1. The highest BCUT2D eigenvalue weighted by atomic mass is 16.2. The number of fused-ring (bicyclic) bond motifs is 1. The Morgan fingerprint density at radius 3 is 3.15 bits per heavy atom. The van der Waals surface area contributed by atoms with E-state index in [9.17, 15) is 4.79 Å². The van der Waals surface area contributed by atoms with Gasteiger partial charge in [0.2, 0.25) is 5.91 Å². The number of benzene rings is 1. The van der Waals surface area contributed by atoms with Crippen molar-refractivity contribution >= 4 is 11.6 Å². The van der Waals surface area contributed by atoms with E-state index in [1.165, 1.54) is 18.4 Å². The topological polar surface area (TPSA) is 44.4 Å². The van der Waals surface area contributed by atoms with Gasteiger partial charge in [0, 0.05) is 24.8 Å². The molecule has 0 aliphatic carbocycles. The molecule has 0 aromatic heterocycles. The smallest absolute Gasteiger partial charge is 0.238 e. The molecule has 0 radical (unpaired) electrons. The summed E-state index contributed by atoms with van der Waals surface area (Å²) in [6.07, 6.45) is 2.57. The highest BCUT2D eigenvalue weighted by molar-refractivity contribution is 5.92. The number of hydrogen-bond donors (Lipinski definition) is 2. The van der Waals surface area contributed by atoms with Crippen LogP contribution in [0.5, 0.6) is 0 Å². The van der Waals surface area contributed by atoms with Crippen molar-refractivity contribution in [2.24, 2.45) is 5.92 Å². The maximum Gasteiger partial charge on any atom is 0.238 e. The van der Waals surface area contributed by atoms with Crippen molar-refractivity contribution in [3.05, 3.63) is 29.8 Å². The van der Waals surface area contributed by atoms with Crippen molar-refractivity contribution < 1.29 is 4.79 Å². The molecule has 2 N–H and O–H groups in total. The molecule has 4 heteroatoms. The first kappa shape index (κ1) is 13.6. The lowest BCUT2D eigenvalue weighted by atomic mass is 9.94. The number of nitrogens with zero attached hydrogens (tertiary/aromatic N) is 1. The lowest BCUT2D eigenvalue weighted by Gasteiger charge is -2.24. The van der Waals surface area contributed by atoms with Gasteiger partial charge in [-0.05, 0) is 49.9 Å². The Labute approximate surface area is 120 Å². The zero-order chi connectivity index (χ0) is 13.9. The van der Waals surface area contributed by atoms with Crippen LogP contribution in [0.4, 0.5) is 5.69 Å². The molecule has 108 valence electrons. The molecule has 0 spiro atoms. The van der Waals surface area contributed by atoms with E-state index in [4.69, 9.17) is 0 Å². The fraction of sp³-hybridized carbons (Fsp3) is 0.562. The molecule has 0 saturated carbocycles. The number of carbonyl (C=O) groups is 1. The van der Waals surface area contributed by atoms with E-state index in [1.54, 1.807) is 0 Å². The van der Waals surface area contributed by atoms with Gasteiger partial charge in [-0.1, -0.05) is 12.1 Å². The van der Waals surface area contributed by atoms with Crippen LogP contribution in [0.1, 0.15) is 18.4 Å². The van der Waals surface area contributed by atoms with Crippen LogP contribution in [0.15, 0.2) is 24.3 Å². The van der Waals surface area contributed by atoms with Crippen molar-refractivity contribution in [2.75, 3.05) is 31.5 Å². The van der Waals surface area contributed by atoms with Gasteiger partial charge in [0.25, 0.3) is 0 Å². The Kier molecular flexibility index (Phi) is 4.03. The molecule has 2 aliphatic rings. The summed E-state index contributed by atoms with van der Waals surface area (Å²) in [7, 11) is 0. The molecule has 2 atom stereocenters. The lowest BCUT2D eigenvalue weighted by molar-refractivity contribution is -0.117. The Balaban J connectivity index is 1.52. The summed E-state index contributed by atoms with van der Waals surface area (Å²) < 4.78 is 0. The average Bonchev–Trinajstić information content (AvgIpc) is 2.80. The monoisotopic (exact) mass is 273 g/mol. The number of aryl methyl sites for hydroxylation is 1. The lowest BCUT2D eigenvalue weighted by Crippen LogP contribution is -2.41. The van der Waals surface area contributed by atoms with E-state index >= 15 is 0 Å². The maximum absolute atomic E-state index is 12.1. The van der Waals surface area contributed by atoms with E-state index in [0.717, 1.165) is 31.2 Å². The Morgan fingerprint density at radius 2 is 2.35 bits per heavy atom. The number of piperidine rings is 1. The van der Waals surface area contributed by atoms with Crippen LogP contribution >= 0.6 is 0 Å². The highest BCUT2D eigenvalue weighted by Gasteiger charge is 2.34. The van der Waals surface area contributed by atoms with Gasteiger partial charge in [-0.3, -0.25) is 9.69 Å². The molecule has 4 nitrogen and oxygen atoms in total. The van der Waals surface area contributed by atoms with E-state index in [-0.39, 0.29) is 5.91 Å². The summed E-state index contributed by atoms with van der Waals surface area (Å²) in [4.78, 5) is 14.4. The van der Waals surface area contributed by atoms with Crippen molar-refractivity contribution in [1.29, 1.82) is 0 Å². The molecule has 1 aromatic carbocycles. The molecule has 1 aromatic rings. The molecule has 2 saturated heterocycles. The van der Waals surface area contributed by atoms with Crippen molar-refractivity contribution in [1.82, 2.24) is 10.2 Å². The van der Waals surface area contributed by atoms with Crippen LogP contribution in [-0.4, -0.2) is 43.0 Å². The molecule has 20 heavy (non-hydrogen) atoms. The van der Waals surface area contributed by atoms with Gasteiger partial charge in [0.1, 0.15) is 0 Å². The first-order chi connectivity index (χ1) is 9.70. The highest BCUT2D eigenvalue weighted by Crippen LogP contribution is 2.24. The third-order valence-corrected chi connectivity index (χ3v) is 4.34. The average molecular weight is 273 g/mol. The van der Waals surface area contributed by atoms with Crippen LogP contribution in [-0.2, 0) is 4.79 Å². The molecule has 2 aliphatic heterocycles. The van der Waals surface area contributed by atoms with Crippen molar-refractivity contribution in [2.45, 2.75) is 25.8 Å². The van der Waals surface area contributed by atoms with Crippen molar-refractivity contribution in [3.63, 3.8) is 0 Å². The second-order valence-corrected chi connectivity index (χ2v) is 6.07. The van der Waals surface area contributed by atoms with Crippen LogP contribution in [0.25, 0.3) is 0 Å². The summed E-state index contributed by atoms with van der Waals surface area (Å²) in [5.41, 5.74) is 2.06. The van der Waals surface area contributed by atoms with Gasteiger partial charge in [0.05, 0.1) is 6.54 Å².